The standard InChI is InChI=1S/C20H23N5O3/c1-23-9-4-6-17(23)15-13-19-24(10-5-11-25(19)22-15)20(26)21-16-12-14(27-2)7-8-18(16)28-3/h4,6-9,12-13H,5,10-11H2,1-3H3,(H,21,26). The van der Waals surface area contributed by atoms with Gasteiger partial charge in [-0.05, 0) is 30.7 Å². The zero-order valence-electron chi connectivity index (χ0n) is 16.2. The van der Waals surface area contributed by atoms with E-state index in [0.717, 1.165) is 30.2 Å². The van der Waals surface area contributed by atoms with E-state index in [4.69, 9.17) is 9.47 Å². The van der Waals surface area contributed by atoms with Crippen molar-refractivity contribution in [1.29, 1.82) is 0 Å². The van der Waals surface area contributed by atoms with Crippen molar-refractivity contribution >= 4 is 17.5 Å². The van der Waals surface area contributed by atoms with E-state index in [1.165, 1.54) is 0 Å². The first kappa shape index (κ1) is 18.0. The summed E-state index contributed by atoms with van der Waals surface area (Å²) in [5.74, 6) is 2.00. The third-order valence-electron chi connectivity index (χ3n) is 4.89. The van der Waals surface area contributed by atoms with Crippen LogP contribution in [-0.2, 0) is 13.6 Å². The fourth-order valence-corrected chi connectivity index (χ4v) is 3.43. The Balaban J connectivity index is 1.62. The summed E-state index contributed by atoms with van der Waals surface area (Å²) in [6, 6.07) is 11.0. The molecule has 3 aromatic rings. The van der Waals surface area contributed by atoms with Crippen LogP contribution >= 0.6 is 0 Å². The van der Waals surface area contributed by atoms with E-state index in [9.17, 15) is 4.79 Å². The smallest absolute Gasteiger partial charge is 0.327 e. The van der Waals surface area contributed by atoms with E-state index in [2.05, 4.69) is 10.4 Å². The van der Waals surface area contributed by atoms with Crippen molar-refractivity contribution in [1.82, 2.24) is 14.3 Å². The largest absolute Gasteiger partial charge is 0.497 e. The summed E-state index contributed by atoms with van der Waals surface area (Å²) in [6.45, 7) is 1.41. The summed E-state index contributed by atoms with van der Waals surface area (Å²) in [5, 5.41) is 7.62. The molecule has 0 spiro atoms. The lowest BCUT2D eigenvalue weighted by Crippen LogP contribution is -2.40. The van der Waals surface area contributed by atoms with E-state index in [1.54, 1.807) is 37.3 Å². The van der Waals surface area contributed by atoms with Crippen molar-refractivity contribution in [3.8, 4) is 22.9 Å². The average molecular weight is 381 g/mol. The van der Waals surface area contributed by atoms with Crippen molar-refractivity contribution in [2.75, 3.05) is 31.0 Å². The molecule has 1 N–H and O–H groups in total. The van der Waals surface area contributed by atoms with Gasteiger partial charge in [0, 0.05) is 38.5 Å². The number of hydrogen-bond acceptors (Lipinski definition) is 4. The van der Waals surface area contributed by atoms with Gasteiger partial charge in [-0.1, -0.05) is 0 Å². The number of hydrogen-bond donors (Lipinski definition) is 1. The fourth-order valence-electron chi connectivity index (χ4n) is 3.43. The number of carbonyl (C=O) groups is 1. The van der Waals surface area contributed by atoms with Crippen molar-refractivity contribution in [3.05, 3.63) is 42.6 Å². The number of anilines is 2. The summed E-state index contributed by atoms with van der Waals surface area (Å²) in [5.41, 5.74) is 2.42. The van der Waals surface area contributed by atoms with Gasteiger partial charge in [0.25, 0.3) is 0 Å². The van der Waals surface area contributed by atoms with Crippen molar-refractivity contribution in [2.45, 2.75) is 13.0 Å². The van der Waals surface area contributed by atoms with E-state index in [1.807, 2.05) is 40.7 Å². The Bertz CT molecular complexity index is 1010. The van der Waals surface area contributed by atoms with Crippen LogP contribution in [0.25, 0.3) is 11.4 Å². The molecular formula is C20H23N5O3. The van der Waals surface area contributed by atoms with Crippen LogP contribution in [0.4, 0.5) is 16.3 Å². The van der Waals surface area contributed by atoms with Crippen LogP contribution in [0.15, 0.2) is 42.6 Å². The van der Waals surface area contributed by atoms with Gasteiger partial charge in [0.2, 0.25) is 0 Å². The summed E-state index contributed by atoms with van der Waals surface area (Å²) in [6.07, 6.45) is 2.82. The highest BCUT2D eigenvalue weighted by molar-refractivity contribution is 6.02. The van der Waals surface area contributed by atoms with Crippen LogP contribution in [0.3, 0.4) is 0 Å². The molecule has 0 unspecified atom stereocenters. The third-order valence-corrected chi connectivity index (χ3v) is 4.89. The molecule has 0 saturated carbocycles. The number of ether oxygens (including phenoxy) is 2. The zero-order chi connectivity index (χ0) is 19.7. The molecule has 2 amide bonds. The highest BCUT2D eigenvalue weighted by Crippen LogP contribution is 2.31. The highest BCUT2D eigenvalue weighted by atomic mass is 16.5. The minimum absolute atomic E-state index is 0.231. The molecule has 4 rings (SSSR count). The maximum absolute atomic E-state index is 13.0. The van der Waals surface area contributed by atoms with Crippen molar-refractivity contribution < 1.29 is 14.3 Å². The summed E-state index contributed by atoms with van der Waals surface area (Å²) in [7, 11) is 5.13. The predicted molar refractivity (Wildman–Crippen MR) is 107 cm³/mol. The monoisotopic (exact) mass is 381 g/mol. The molecule has 8 nitrogen and oxygen atoms in total. The second-order valence-electron chi connectivity index (χ2n) is 6.62. The number of carbonyl (C=O) groups excluding carboxylic acids is 1. The molecule has 0 radical (unpaired) electrons. The number of fused-ring (bicyclic) bond motifs is 1. The summed E-state index contributed by atoms with van der Waals surface area (Å²) in [4.78, 5) is 14.7. The van der Waals surface area contributed by atoms with Crippen LogP contribution in [0.5, 0.6) is 11.5 Å². The molecule has 28 heavy (non-hydrogen) atoms. The molecule has 2 aromatic heterocycles. The van der Waals surface area contributed by atoms with Gasteiger partial charge in [-0.15, -0.1) is 0 Å². The van der Waals surface area contributed by atoms with Crippen LogP contribution < -0.4 is 19.7 Å². The second kappa shape index (κ2) is 7.30. The Morgan fingerprint density at radius 3 is 2.71 bits per heavy atom. The number of urea groups is 1. The fraction of sp³-hybridized carbons (Fsp3) is 0.300. The minimum Gasteiger partial charge on any atom is -0.497 e. The number of nitrogens with zero attached hydrogens (tertiary/aromatic N) is 4. The topological polar surface area (TPSA) is 73.6 Å². The first-order valence-electron chi connectivity index (χ1n) is 9.11. The van der Waals surface area contributed by atoms with Crippen LogP contribution in [0.2, 0.25) is 0 Å². The average Bonchev–Trinajstić information content (AvgIpc) is 3.33. The predicted octanol–water partition coefficient (Wildman–Crippen LogP) is 3.35. The zero-order valence-corrected chi connectivity index (χ0v) is 16.2. The maximum Gasteiger partial charge on any atom is 0.327 e. The molecule has 0 aliphatic carbocycles. The molecule has 0 atom stereocenters. The van der Waals surface area contributed by atoms with E-state index < -0.39 is 0 Å². The molecule has 1 aliphatic heterocycles. The molecule has 1 aliphatic rings. The van der Waals surface area contributed by atoms with Gasteiger partial charge in [-0.2, -0.15) is 5.10 Å². The normalized spacial score (nSPS) is 13.2. The first-order chi connectivity index (χ1) is 13.6. The minimum atomic E-state index is -0.231. The van der Waals surface area contributed by atoms with Gasteiger partial charge in [0.15, 0.2) is 0 Å². The Labute approximate surface area is 163 Å². The molecule has 146 valence electrons. The number of aromatic nitrogens is 3. The third kappa shape index (κ3) is 3.17. The number of rotatable bonds is 4. The Hall–Kier alpha value is -3.42. The van der Waals surface area contributed by atoms with E-state index in [-0.39, 0.29) is 6.03 Å². The number of aryl methyl sites for hydroxylation is 2. The molecule has 0 saturated heterocycles. The number of benzene rings is 1. The number of nitrogens with one attached hydrogen (secondary N) is 1. The van der Waals surface area contributed by atoms with Gasteiger partial charge in [-0.25, -0.2) is 9.48 Å². The maximum atomic E-state index is 13.0. The van der Waals surface area contributed by atoms with Gasteiger partial charge >= 0.3 is 6.03 Å². The van der Waals surface area contributed by atoms with E-state index >= 15 is 0 Å². The van der Waals surface area contributed by atoms with Crippen LogP contribution in [0, 0.1) is 0 Å². The Morgan fingerprint density at radius 1 is 1.14 bits per heavy atom. The molecule has 8 heteroatoms. The van der Waals surface area contributed by atoms with Crippen molar-refractivity contribution in [2.24, 2.45) is 7.05 Å². The van der Waals surface area contributed by atoms with Gasteiger partial charge < -0.3 is 19.4 Å². The summed E-state index contributed by atoms with van der Waals surface area (Å²) >= 11 is 0. The molecule has 0 bridgehead atoms. The lowest BCUT2D eigenvalue weighted by atomic mass is 10.2. The quantitative estimate of drug-likeness (QED) is 0.752. The number of methoxy groups -OCH3 is 2. The molecular weight excluding hydrogens is 358 g/mol. The van der Waals surface area contributed by atoms with Crippen LogP contribution in [-0.4, -0.2) is 41.1 Å². The van der Waals surface area contributed by atoms with Crippen molar-refractivity contribution in [3.63, 3.8) is 0 Å². The lowest BCUT2D eigenvalue weighted by molar-refractivity contribution is 0.255. The molecule has 1 aromatic carbocycles. The number of amides is 2. The first-order valence-corrected chi connectivity index (χ1v) is 9.11. The van der Waals surface area contributed by atoms with Crippen LogP contribution in [0.1, 0.15) is 6.42 Å². The van der Waals surface area contributed by atoms with Gasteiger partial charge in [0.1, 0.15) is 23.0 Å². The Morgan fingerprint density at radius 2 is 2.00 bits per heavy atom. The molecule has 0 fully saturated rings. The lowest BCUT2D eigenvalue weighted by Gasteiger charge is -2.27. The van der Waals surface area contributed by atoms with Gasteiger partial charge in [-0.3, -0.25) is 4.90 Å². The Kier molecular flexibility index (Phi) is 4.68. The molecule has 3 heterocycles. The SMILES string of the molecule is COc1ccc(OC)c(NC(=O)N2CCCn3nc(-c4cccn4C)cc32)c1. The van der Waals surface area contributed by atoms with E-state index in [0.29, 0.717) is 23.7 Å². The second-order valence-corrected chi connectivity index (χ2v) is 6.62. The van der Waals surface area contributed by atoms with Gasteiger partial charge in [0.05, 0.1) is 25.6 Å². The summed E-state index contributed by atoms with van der Waals surface area (Å²) < 4.78 is 14.5. The highest BCUT2D eigenvalue weighted by Gasteiger charge is 2.26.